The van der Waals surface area contributed by atoms with E-state index in [1.165, 1.54) is 6.21 Å². The minimum absolute atomic E-state index is 0.0879. The molecule has 9 nitrogen and oxygen atoms in total. The number of urea groups is 1. The number of aromatic nitrogens is 2. The third kappa shape index (κ3) is 7.42. The summed E-state index contributed by atoms with van der Waals surface area (Å²) in [6, 6.07) is 9.88. The van der Waals surface area contributed by atoms with Crippen LogP contribution < -0.4 is 16.0 Å². The average Bonchev–Trinajstić information content (AvgIpc) is 3.56. The Balaban J connectivity index is 1.36. The molecular weight excluding hydrogens is 465 g/mol. The van der Waals surface area contributed by atoms with E-state index in [9.17, 15) is 23.1 Å². The van der Waals surface area contributed by atoms with Crippen LogP contribution in [0.5, 0.6) is 0 Å². The number of carbonyl (C=O) groups is 1. The van der Waals surface area contributed by atoms with Crippen LogP contribution in [-0.2, 0) is 4.84 Å². The number of halogens is 3. The zero-order valence-electron chi connectivity index (χ0n) is 18.6. The lowest BCUT2D eigenvalue weighted by Crippen LogP contribution is -2.36. The first kappa shape index (κ1) is 24.5. The zero-order valence-corrected chi connectivity index (χ0v) is 18.6. The Kier molecular flexibility index (Phi) is 7.51. The zero-order chi connectivity index (χ0) is 24.8. The van der Waals surface area contributed by atoms with Crippen LogP contribution >= 0.6 is 0 Å². The third-order valence-corrected chi connectivity index (χ3v) is 5.17. The fraction of sp³-hybridized carbons (Fsp3) is 0.348. The highest BCUT2D eigenvalue weighted by atomic mass is 19.4. The number of imidazole rings is 1. The summed E-state index contributed by atoms with van der Waals surface area (Å²) >= 11 is 0. The standard InChI is InChI=1S/C23H25F3N6O3/c24-23(25,26)14-29-22(34)31-18-3-1-2-16(9-18)20-12-28-21-8-15(6-7-32(20)21)10-30-35-13-19(33)11-27-17-4-5-17/h1-3,6-10,12,17,19,27,33H,4-5,11,13-14H2,(H2,29,31,34). The summed E-state index contributed by atoms with van der Waals surface area (Å²) in [5.41, 5.74) is 3.17. The van der Waals surface area contributed by atoms with Crippen molar-refractivity contribution in [3.63, 3.8) is 0 Å². The molecule has 3 aromatic rings. The fourth-order valence-corrected chi connectivity index (χ4v) is 3.28. The van der Waals surface area contributed by atoms with Gasteiger partial charge in [-0.25, -0.2) is 9.78 Å². The van der Waals surface area contributed by atoms with Gasteiger partial charge in [0.25, 0.3) is 0 Å². The molecule has 186 valence electrons. The second-order valence-electron chi connectivity index (χ2n) is 8.20. The Morgan fingerprint density at radius 1 is 1.31 bits per heavy atom. The smallest absolute Gasteiger partial charge is 0.393 e. The predicted octanol–water partition coefficient (Wildman–Crippen LogP) is 3.15. The number of benzene rings is 1. The van der Waals surface area contributed by atoms with Crippen molar-refractivity contribution in [1.29, 1.82) is 0 Å². The predicted molar refractivity (Wildman–Crippen MR) is 124 cm³/mol. The van der Waals surface area contributed by atoms with Crippen molar-refractivity contribution in [2.24, 2.45) is 5.16 Å². The number of rotatable bonds is 10. The summed E-state index contributed by atoms with van der Waals surface area (Å²) in [5, 5.41) is 21.1. The molecule has 0 saturated heterocycles. The van der Waals surface area contributed by atoms with E-state index >= 15 is 0 Å². The number of fused-ring (bicyclic) bond motifs is 1. The van der Waals surface area contributed by atoms with Crippen molar-refractivity contribution in [2.45, 2.75) is 31.2 Å². The molecule has 2 heterocycles. The first-order valence-electron chi connectivity index (χ1n) is 11.0. The van der Waals surface area contributed by atoms with E-state index in [0.717, 1.165) is 24.1 Å². The average molecular weight is 490 g/mol. The maximum absolute atomic E-state index is 12.3. The van der Waals surface area contributed by atoms with Crippen molar-refractivity contribution in [2.75, 3.05) is 25.0 Å². The lowest BCUT2D eigenvalue weighted by atomic mass is 10.1. The van der Waals surface area contributed by atoms with Crippen LogP contribution in [0.15, 0.2) is 53.9 Å². The van der Waals surface area contributed by atoms with Gasteiger partial charge in [-0.3, -0.25) is 4.40 Å². The third-order valence-electron chi connectivity index (χ3n) is 5.17. The molecule has 12 heteroatoms. The molecule has 1 saturated carbocycles. The largest absolute Gasteiger partial charge is 0.405 e. The minimum Gasteiger partial charge on any atom is -0.393 e. The number of nitrogens with zero attached hydrogens (tertiary/aromatic N) is 3. The number of nitrogens with one attached hydrogen (secondary N) is 3. The van der Waals surface area contributed by atoms with Gasteiger partial charge >= 0.3 is 12.2 Å². The molecule has 4 N–H and O–H groups in total. The van der Waals surface area contributed by atoms with E-state index in [4.69, 9.17) is 4.84 Å². The van der Waals surface area contributed by atoms with Crippen molar-refractivity contribution in [1.82, 2.24) is 20.0 Å². The van der Waals surface area contributed by atoms with Crippen LogP contribution in [-0.4, -0.2) is 64.8 Å². The van der Waals surface area contributed by atoms with Gasteiger partial charge in [0.2, 0.25) is 0 Å². The molecule has 1 atom stereocenters. The maximum Gasteiger partial charge on any atom is 0.405 e. The van der Waals surface area contributed by atoms with E-state index in [2.05, 4.69) is 20.8 Å². The van der Waals surface area contributed by atoms with Crippen LogP contribution in [0.25, 0.3) is 16.9 Å². The number of amides is 2. The Bertz CT molecular complexity index is 1190. The number of alkyl halides is 3. The monoisotopic (exact) mass is 490 g/mol. The summed E-state index contributed by atoms with van der Waals surface area (Å²) in [7, 11) is 0. The molecule has 0 spiro atoms. The molecule has 1 aliphatic carbocycles. The highest BCUT2D eigenvalue weighted by molar-refractivity contribution is 5.90. The van der Waals surface area contributed by atoms with E-state index in [1.807, 2.05) is 10.5 Å². The second kappa shape index (κ2) is 10.7. The quantitative estimate of drug-likeness (QED) is 0.258. The van der Waals surface area contributed by atoms with Gasteiger partial charge in [0.15, 0.2) is 0 Å². The van der Waals surface area contributed by atoms with Crippen LogP contribution in [0.4, 0.5) is 23.7 Å². The summed E-state index contributed by atoms with van der Waals surface area (Å²) in [5.74, 6) is 0. The molecule has 0 aliphatic heterocycles. The summed E-state index contributed by atoms with van der Waals surface area (Å²) in [6.45, 7) is -0.858. The summed E-state index contributed by atoms with van der Waals surface area (Å²) < 4.78 is 38.7. The van der Waals surface area contributed by atoms with E-state index in [-0.39, 0.29) is 6.61 Å². The SMILES string of the molecule is O=C(NCC(F)(F)F)Nc1cccc(-c2cnc3cc(C=NOCC(O)CNC4CC4)ccn23)c1. The van der Waals surface area contributed by atoms with Crippen molar-refractivity contribution >= 4 is 23.6 Å². The number of anilines is 1. The minimum atomic E-state index is -4.49. The first-order chi connectivity index (χ1) is 16.8. The maximum atomic E-state index is 12.3. The van der Waals surface area contributed by atoms with Gasteiger partial charge in [0, 0.05) is 35.6 Å². The Morgan fingerprint density at radius 3 is 2.91 bits per heavy atom. The highest BCUT2D eigenvalue weighted by Gasteiger charge is 2.27. The molecule has 0 radical (unpaired) electrons. The number of oxime groups is 1. The van der Waals surface area contributed by atoms with Crippen molar-refractivity contribution in [3.05, 3.63) is 54.4 Å². The molecule has 4 rings (SSSR count). The van der Waals surface area contributed by atoms with Crippen LogP contribution in [0.3, 0.4) is 0 Å². The topological polar surface area (TPSA) is 112 Å². The molecule has 1 aromatic carbocycles. The van der Waals surface area contributed by atoms with Gasteiger partial charge in [0.05, 0.1) is 18.1 Å². The van der Waals surface area contributed by atoms with Gasteiger partial charge < -0.3 is 25.9 Å². The van der Waals surface area contributed by atoms with Gasteiger partial charge in [0.1, 0.15) is 24.9 Å². The molecule has 2 aromatic heterocycles. The lowest BCUT2D eigenvalue weighted by molar-refractivity contribution is -0.122. The second-order valence-corrected chi connectivity index (χ2v) is 8.20. The molecular formula is C23H25F3N6O3. The number of carbonyl (C=O) groups excluding carboxylic acids is 1. The molecule has 1 unspecified atom stereocenters. The number of hydrogen-bond acceptors (Lipinski definition) is 6. The Labute approximate surface area is 199 Å². The number of aliphatic hydroxyl groups is 1. The van der Waals surface area contributed by atoms with E-state index in [1.54, 1.807) is 48.0 Å². The van der Waals surface area contributed by atoms with Gasteiger partial charge in [-0.05, 0) is 37.1 Å². The van der Waals surface area contributed by atoms with Gasteiger partial charge in [-0.2, -0.15) is 13.2 Å². The van der Waals surface area contributed by atoms with Gasteiger partial charge in [-0.1, -0.05) is 17.3 Å². The lowest BCUT2D eigenvalue weighted by Gasteiger charge is -2.11. The Morgan fingerprint density at radius 2 is 2.14 bits per heavy atom. The summed E-state index contributed by atoms with van der Waals surface area (Å²) in [6.07, 6.45) is 2.15. The molecule has 35 heavy (non-hydrogen) atoms. The number of hydrogen-bond donors (Lipinski definition) is 4. The Hall–Kier alpha value is -3.64. The van der Waals surface area contributed by atoms with E-state index in [0.29, 0.717) is 29.5 Å². The molecule has 0 bridgehead atoms. The molecule has 1 fully saturated rings. The van der Waals surface area contributed by atoms with Crippen LogP contribution in [0.2, 0.25) is 0 Å². The van der Waals surface area contributed by atoms with Crippen molar-refractivity contribution in [3.8, 4) is 11.3 Å². The van der Waals surface area contributed by atoms with Crippen LogP contribution in [0.1, 0.15) is 18.4 Å². The molecule has 2 amide bonds. The van der Waals surface area contributed by atoms with Crippen LogP contribution in [0, 0.1) is 0 Å². The van der Waals surface area contributed by atoms with E-state index < -0.39 is 24.9 Å². The summed E-state index contributed by atoms with van der Waals surface area (Å²) in [4.78, 5) is 21.3. The fourth-order valence-electron chi connectivity index (χ4n) is 3.28. The van der Waals surface area contributed by atoms with Crippen molar-refractivity contribution < 1.29 is 27.9 Å². The normalized spacial score (nSPS) is 14.9. The molecule has 1 aliphatic rings. The first-order valence-corrected chi connectivity index (χ1v) is 11.0. The highest BCUT2D eigenvalue weighted by Crippen LogP contribution is 2.24. The number of aliphatic hydroxyl groups excluding tert-OH is 1. The number of pyridine rings is 1. The van der Waals surface area contributed by atoms with Gasteiger partial charge in [-0.15, -0.1) is 0 Å².